The molecule has 1 amide bonds. The van der Waals surface area contributed by atoms with Crippen LogP contribution in [0, 0.1) is 10.1 Å². The van der Waals surface area contributed by atoms with Gasteiger partial charge in [-0.05, 0) is 19.4 Å². The van der Waals surface area contributed by atoms with Crippen LogP contribution in [0.1, 0.15) is 13.3 Å². The SMILES string of the molecule is C[C@@H](Nc1cccc([N+](=O)[O-])c1)C(=O)N(C)[C@H]1CCS(=O)(=O)C1. The molecule has 0 spiro atoms. The molecular formula is C14H19N3O5S. The largest absolute Gasteiger partial charge is 0.374 e. The Kier molecular flexibility index (Phi) is 4.88. The van der Waals surface area contributed by atoms with Crippen LogP contribution < -0.4 is 5.32 Å². The van der Waals surface area contributed by atoms with Crippen molar-refractivity contribution in [3.63, 3.8) is 0 Å². The summed E-state index contributed by atoms with van der Waals surface area (Å²) in [6.07, 6.45) is 0.439. The van der Waals surface area contributed by atoms with E-state index in [4.69, 9.17) is 0 Å². The third-order valence-corrected chi connectivity index (χ3v) is 5.66. The number of nitro benzene ring substituents is 1. The number of carbonyl (C=O) groups is 1. The summed E-state index contributed by atoms with van der Waals surface area (Å²) in [7, 11) is -1.48. The number of likely N-dealkylation sites (N-methyl/N-ethyl adjacent to an activating group) is 1. The Balaban J connectivity index is 2.02. The van der Waals surface area contributed by atoms with Crippen molar-refractivity contribution >= 4 is 27.1 Å². The maximum absolute atomic E-state index is 12.4. The molecule has 126 valence electrons. The minimum absolute atomic E-state index is 0.0151. The molecule has 1 fully saturated rings. The van der Waals surface area contributed by atoms with E-state index in [1.807, 2.05) is 0 Å². The van der Waals surface area contributed by atoms with Gasteiger partial charge in [-0.2, -0.15) is 0 Å². The number of non-ortho nitro benzene ring substituents is 1. The van der Waals surface area contributed by atoms with Gasteiger partial charge in [-0.25, -0.2) is 8.42 Å². The summed E-state index contributed by atoms with van der Waals surface area (Å²) >= 11 is 0. The smallest absolute Gasteiger partial charge is 0.271 e. The lowest BCUT2D eigenvalue weighted by atomic mass is 10.2. The molecule has 8 nitrogen and oxygen atoms in total. The Morgan fingerprint density at radius 2 is 2.17 bits per heavy atom. The van der Waals surface area contributed by atoms with Crippen molar-refractivity contribution in [2.75, 3.05) is 23.9 Å². The van der Waals surface area contributed by atoms with Crippen LogP contribution in [-0.4, -0.2) is 54.8 Å². The molecule has 23 heavy (non-hydrogen) atoms. The average Bonchev–Trinajstić information content (AvgIpc) is 2.86. The van der Waals surface area contributed by atoms with E-state index in [0.29, 0.717) is 12.1 Å². The standard InChI is InChI=1S/C14H19N3O5S/c1-10(15-11-4-3-5-12(8-11)17(19)20)14(18)16(2)13-6-7-23(21,22)9-13/h3-5,8,10,13,15H,6-7,9H2,1-2H3/t10-,13+/m1/s1. The summed E-state index contributed by atoms with van der Waals surface area (Å²) < 4.78 is 23.0. The number of hydrogen-bond donors (Lipinski definition) is 1. The number of amides is 1. The second kappa shape index (κ2) is 6.53. The second-order valence-electron chi connectivity index (χ2n) is 5.68. The molecule has 2 rings (SSSR count). The first-order chi connectivity index (χ1) is 10.7. The quantitative estimate of drug-likeness (QED) is 0.633. The monoisotopic (exact) mass is 341 g/mol. The van der Waals surface area contributed by atoms with Crippen molar-refractivity contribution in [3.8, 4) is 0 Å². The molecule has 1 heterocycles. The fraction of sp³-hybridized carbons (Fsp3) is 0.500. The van der Waals surface area contributed by atoms with E-state index in [9.17, 15) is 23.3 Å². The van der Waals surface area contributed by atoms with E-state index < -0.39 is 20.8 Å². The zero-order valence-electron chi connectivity index (χ0n) is 12.9. The molecule has 0 bridgehead atoms. The van der Waals surface area contributed by atoms with Gasteiger partial charge in [0.25, 0.3) is 5.69 Å². The van der Waals surface area contributed by atoms with Crippen LogP contribution >= 0.6 is 0 Å². The molecular weight excluding hydrogens is 322 g/mol. The predicted molar refractivity (Wildman–Crippen MR) is 86.0 cm³/mol. The lowest BCUT2D eigenvalue weighted by molar-refractivity contribution is -0.384. The van der Waals surface area contributed by atoms with E-state index in [-0.39, 0.29) is 29.1 Å². The maximum atomic E-state index is 12.4. The lowest BCUT2D eigenvalue weighted by Gasteiger charge is -2.27. The molecule has 0 unspecified atom stereocenters. The van der Waals surface area contributed by atoms with E-state index >= 15 is 0 Å². The first-order valence-electron chi connectivity index (χ1n) is 7.18. The first kappa shape index (κ1) is 17.2. The van der Waals surface area contributed by atoms with Gasteiger partial charge in [0.2, 0.25) is 5.91 Å². The highest BCUT2D eigenvalue weighted by Crippen LogP contribution is 2.20. The fourth-order valence-corrected chi connectivity index (χ4v) is 4.36. The fourth-order valence-electron chi connectivity index (χ4n) is 2.59. The highest BCUT2D eigenvalue weighted by molar-refractivity contribution is 7.91. The van der Waals surface area contributed by atoms with Crippen LogP contribution in [0.5, 0.6) is 0 Å². The average molecular weight is 341 g/mol. The summed E-state index contributed by atoms with van der Waals surface area (Å²) in [5.41, 5.74) is 0.400. The molecule has 0 radical (unpaired) electrons. The number of carbonyl (C=O) groups excluding carboxylic acids is 1. The molecule has 1 aliphatic heterocycles. The third kappa shape index (κ3) is 4.19. The predicted octanol–water partition coefficient (Wildman–Crippen LogP) is 1.04. The number of rotatable bonds is 5. The first-order valence-corrected chi connectivity index (χ1v) is 9.00. The Morgan fingerprint density at radius 3 is 2.74 bits per heavy atom. The van der Waals surface area contributed by atoms with Gasteiger partial charge in [-0.3, -0.25) is 14.9 Å². The van der Waals surface area contributed by atoms with E-state index in [0.717, 1.165) is 0 Å². The summed E-state index contributed by atoms with van der Waals surface area (Å²) in [6, 6.07) is 4.95. The number of nitrogens with one attached hydrogen (secondary N) is 1. The van der Waals surface area contributed by atoms with Gasteiger partial charge in [-0.15, -0.1) is 0 Å². The van der Waals surface area contributed by atoms with Crippen LogP contribution in [0.15, 0.2) is 24.3 Å². The summed E-state index contributed by atoms with van der Waals surface area (Å²) in [4.78, 5) is 24.1. The van der Waals surface area contributed by atoms with Gasteiger partial charge < -0.3 is 10.2 Å². The molecule has 0 aliphatic carbocycles. The van der Waals surface area contributed by atoms with Crippen LogP contribution in [-0.2, 0) is 14.6 Å². The van der Waals surface area contributed by atoms with Crippen LogP contribution in [0.25, 0.3) is 0 Å². The lowest BCUT2D eigenvalue weighted by Crippen LogP contribution is -2.45. The highest BCUT2D eigenvalue weighted by Gasteiger charge is 2.34. The second-order valence-corrected chi connectivity index (χ2v) is 7.91. The topological polar surface area (TPSA) is 110 Å². The zero-order valence-corrected chi connectivity index (χ0v) is 13.7. The molecule has 1 N–H and O–H groups in total. The summed E-state index contributed by atoms with van der Waals surface area (Å²) in [6.45, 7) is 1.64. The molecule has 2 atom stereocenters. The zero-order chi connectivity index (χ0) is 17.2. The number of hydrogen-bond acceptors (Lipinski definition) is 6. The van der Waals surface area contributed by atoms with Crippen LogP contribution in [0.4, 0.5) is 11.4 Å². The van der Waals surface area contributed by atoms with Crippen LogP contribution in [0.2, 0.25) is 0 Å². The summed E-state index contributed by atoms with van der Waals surface area (Å²) in [5.74, 6) is -0.167. The van der Waals surface area contributed by atoms with E-state index in [1.54, 1.807) is 20.0 Å². The molecule has 9 heteroatoms. The van der Waals surface area contributed by atoms with Gasteiger partial charge in [0.1, 0.15) is 6.04 Å². The van der Waals surface area contributed by atoms with E-state index in [1.165, 1.54) is 23.1 Å². The maximum Gasteiger partial charge on any atom is 0.271 e. The molecule has 0 aromatic heterocycles. The number of sulfone groups is 1. The van der Waals surface area contributed by atoms with Gasteiger partial charge >= 0.3 is 0 Å². The molecule has 1 aromatic rings. The van der Waals surface area contributed by atoms with Crippen molar-refractivity contribution in [1.29, 1.82) is 0 Å². The minimum Gasteiger partial charge on any atom is -0.374 e. The third-order valence-electron chi connectivity index (χ3n) is 3.91. The number of benzene rings is 1. The van der Waals surface area contributed by atoms with Crippen molar-refractivity contribution in [1.82, 2.24) is 4.90 Å². The van der Waals surface area contributed by atoms with Gasteiger partial charge in [0, 0.05) is 30.9 Å². The highest BCUT2D eigenvalue weighted by atomic mass is 32.2. The van der Waals surface area contributed by atoms with Crippen molar-refractivity contribution < 1.29 is 18.1 Å². The molecule has 0 saturated carbocycles. The normalized spacial score (nSPS) is 20.7. The van der Waals surface area contributed by atoms with E-state index in [2.05, 4.69) is 5.32 Å². The van der Waals surface area contributed by atoms with Gasteiger partial charge in [0.15, 0.2) is 9.84 Å². The summed E-state index contributed by atoms with van der Waals surface area (Å²) in [5, 5.41) is 13.7. The molecule has 1 aliphatic rings. The molecule has 1 aromatic carbocycles. The van der Waals surface area contributed by atoms with Crippen molar-refractivity contribution in [2.45, 2.75) is 25.4 Å². The van der Waals surface area contributed by atoms with Crippen LogP contribution in [0.3, 0.4) is 0 Å². The Bertz CT molecular complexity index is 719. The number of anilines is 1. The van der Waals surface area contributed by atoms with Crippen molar-refractivity contribution in [2.24, 2.45) is 0 Å². The van der Waals surface area contributed by atoms with Crippen molar-refractivity contribution in [3.05, 3.63) is 34.4 Å². The number of nitrogens with zero attached hydrogens (tertiary/aromatic N) is 2. The Hall–Kier alpha value is -2.16. The Labute approximate surface area is 134 Å². The Morgan fingerprint density at radius 1 is 1.48 bits per heavy atom. The minimum atomic E-state index is -3.06. The molecule has 1 saturated heterocycles. The van der Waals surface area contributed by atoms with Gasteiger partial charge in [-0.1, -0.05) is 6.07 Å². The number of nitro groups is 1. The van der Waals surface area contributed by atoms with Gasteiger partial charge in [0.05, 0.1) is 16.4 Å².